The lowest BCUT2D eigenvalue weighted by Crippen LogP contribution is -2.48. The highest BCUT2D eigenvalue weighted by Crippen LogP contribution is 2.15. The van der Waals surface area contributed by atoms with Gasteiger partial charge >= 0.3 is 0 Å². The monoisotopic (exact) mass is 261 g/mol. The Balaban J connectivity index is 1.80. The van der Waals surface area contributed by atoms with Gasteiger partial charge in [-0.05, 0) is 38.0 Å². The van der Waals surface area contributed by atoms with Crippen molar-refractivity contribution in [2.75, 3.05) is 44.7 Å². The van der Waals surface area contributed by atoms with Crippen LogP contribution in [-0.2, 0) is 0 Å². The van der Waals surface area contributed by atoms with Gasteiger partial charge in [0.2, 0.25) is 0 Å². The second-order valence-corrected chi connectivity index (χ2v) is 5.68. The number of hydrogen-bond acceptors (Lipinski definition) is 3. The predicted molar refractivity (Wildman–Crippen MR) is 83.0 cm³/mol. The minimum Gasteiger partial charge on any atom is -0.375 e. The lowest BCUT2D eigenvalue weighted by atomic mass is 10.1. The quantitative estimate of drug-likeness (QED) is 0.876. The summed E-state index contributed by atoms with van der Waals surface area (Å²) in [5, 5.41) is 3.41. The van der Waals surface area contributed by atoms with Gasteiger partial charge in [-0.15, -0.1) is 0 Å². The third kappa shape index (κ3) is 4.22. The van der Waals surface area contributed by atoms with Crippen LogP contribution in [0.25, 0.3) is 0 Å². The van der Waals surface area contributed by atoms with Crippen LogP contribution in [0.4, 0.5) is 5.69 Å². The molecule has 1 aromatic rings. The first-order valence-corrected chi connectivity index (χ1v) is 7.39. The zero-order valence-corrected chi connectivity index (χ0v) is 12.5. The van der Waals surface area contributed by atoms with Gasteiger partial charge < -0.3 is 10.2 Å². The highest BCUT2D eigenvalue weighted by Gasteiger charge is 2.16. The van der Waals surface area contributed by atoms with Gasteiger partial charge in [0, 0.05) is 51.5 Å². The number of nitrogens with zero attached hydrogens (tertiary/aromatic N) is 2. The summed E-state index contributed by atoms with van der Waals surface area (Å²) in [5.74, 6) is 0. The van der Waals surface area contributed by atoms with Crippen LogP contribution in [0.3, 0.4) is 0 Å². The average Bonchev–Trinajstić information content (AvgIpc) is 2.45. The molecule has 106 valence electrons. The van der Waals surface area contributed by atoms with Gasteiger partial charge in [0.25, 0.3) is 0 Å². The number of piperazine rings is 1. The van der Waals surface area contributed by atoms with Crippen LogP contribution in [-0.4, -0.2) is 50.7 Å². The average molecular weight is 261 g/mol. The normalized spacial score (nSPS) is 18.3. The van der Waals surface area contributed by atoms with E-state index in [-0.39, 0.29) is 0 Å². The maximum atomic E-state index is 3.41. The summed E-state index contributed by atoms with van der Waals surface area (Å²) in [7, 11) is 2.19. The molecule has 19 heavy (non-hydrogen) atoms. The van der Waals surface area contributed by atoms with Gasteiger partial charge in [-0.1, -0.05) is 12.1 Å². The molecule has 1 aliphatic rings. The topological polar surface area (TPSA) is 18.5 Å². The Morgan fingerprint density at radius 1 is 1.32 bits per heavy atom. The molecule has 1 heterocycles. The van der Waals surface area contributed by atoms with E-state index in [1.807, 2.05) is 0 Å². The molecule has 0 radical (unpaired) electrons. The van der Waals surface area contributed by atoms with Crippen molar-refractivity contribution in [3.63, 3.8) is 0 Å². The Labute approximate surface area is 117 Å². The summed E-state index contributed by atoms with van der Waals surface area (Å²) in [6, 6.07) is 9.42. The fraction of sp³-hybridized carbons (Fsp3) is 0.625. The van der Waals surface area contributed by atoms with E-state index in [9.17, 15) is 0 Å². The van der Waals surface area contributed by atoms with Crippen LogP contribution in [0.1, 0.15) is 18.9 Å². The summed E-state index contributed by atoms with van der Waals surface area (Å²) in [6.45, 7) is 10.3. The molecule has 0 saturated carbocycles. The Bertz CT molecular complexity index is 385. The molecule has 2 rings (SSSR count). The van der Waals surface area contributed by atoms with Crippen LogP contribution >= 0.6 is 0 Å². The van der Waals surface area contributed by atoms with Crippen molar-refractivity contribution in [2.24, 2.45) is 0 Å². The lowest BCUT2D eigenvalue weighted by molar-refractivity contribution is 0.178. The van der Waals surface area contributed by atoms with E-state index in [1.165, 1.54) is 30.8 Å². The van der Waals surface area contributed by atoms with E-state index in [1.54, 1.807) is 0 Å². The zero-order chi connectivity index (χ0) is 13.7. The molecule has 0 bridgehead atoms. The summed E-state index contributed by atoms with van der Waals surface area (Å²) in [6.07, 6.45) is 1.23. The molecule has 0 spiro atoms. The van der Waals surface area contributed by atoms with E-state index in [2.05, 4.69) is 60.3 Å². The number of anilines is 1. The SMILES string of the molecule is Cc1cccc(N(C)CCC(C)N2CCNCC2)c1. The van der Waals surface area contributed by atoms with Crippen molar-refractivity contribution in [1.82, 2.24) is 10.2 Å². The highest BCUT2D eigenvalue weighted by molar-refractivity contribution is 5.47. The van der Waals surface area contributed by atoms with Crippen LogP contribution < -0.4 is 10.2 Å². The summed E-state index contributed by atoms with van der Waals surface area (Å²) >= 11 is 0. The molecule has 1 saturated heterocycles. The third-order valence-electron chi connectivity index (χ3n) is 4.10. The smallest absolute Gasteiger partial charge is 0.0366 e. The fourth-order valence-corrected chi connectivity index (χ4v) is 2.68. The van der Waals surface area contributed by atoms with Crippen LogP contribution in [0.15, 0.2) is 24.3 Å². The molecule has 0 aliphatic carbocycles. The first-order chi connectivity index (χ1) is 9.16. The van der Waals surface area contributed by atoms with Crippen LogP contribution in [0.5, 0.6) is 0 Å². The van der Waals surface area contributed by atoms with E-state index >= 15 is 0 Å². The Hall–Kier alpha value is -1.06. The molecule has 1 atom stereocenters. The number of rotatable bonds is 5. The van der Waals surface area contributed by atoms with Crippen molar-refractivity contribution in [3.8, 4) is 0 Å². The molecule has 1 aliphatic heterocycles. The molecule has 0 aromatic heterocycles. The second-order valence-electron chi connectivity index (χ2n) is 5.68. The van der Waals surface area contributed by atoms with Gasteiger partial charge in [0.1, 0.15) is 0 Å². The Kier molecular flexibility index (Phi) is 5.23. The van der Waals surface area contributed by atoms with Crippen molar-refractivity contribution < 1.29 is 0 Å². The standard InChI is InChI=1S/C16H27N3/c1-14-5-4-6-16(13-14)18(3)10-7-15(2)19-11-8-17-9-12-19/h4-6,13,15,17H,7-12H2,1-3H3. The molecule has 1 N–H and O–H groups in total. The highest BCUT2D eigenvalue weighted by atomic mass is 15.2. The minimum atomic E-state index is 0.675. The van der Waals surface area contributed by atoms with Gasteiger partial charge in [0.15, 0.2) is 0 Å². The van der Waals surface area contributed by atoms with Crippen LogP contribution in [0, 0.1) is 6.92 Å². The van der Waals surface area contributed by atoms with Crippen molar-refractivity contribution in [2.45, 2.75) is 26.3 Å². The van der Waals surface area contributed by atoms with Gasteiger partial charge in [-0.25, -0.2) is 0 Å². The molecular formula is C16H27N3. The molecule has 0 amide bonds. The van der Waals surface area contributed by atoms with E-state index in [4.69, 9.17) is 0 Å². The largest absolute Gasteiger partial charge is 0.375 e. The Morgan fingerprint density at radius 2 is 2.05 bits per heavy atom. The Morgan fingerprint density at radius 3 is 2.74 bits per heavy atom. The number of nitrogens with one attached hydrogen (secondary N) is 1. The predicted octanol–water partition coefficient (Wildman–Crippen LogP) is 2.12. The van der Waals surface area contributed by atoms with Crippen molar-refractivity contribution >= 4 is 5.69 Å². The molecule has 1 aromatic carbocycles. The van der Waals surface area contributed by atoms with Gasteiger partial charge in [-0.2, -0.15) is 0 Å². The summed E-state index contributed by atoms with van der Waals surface area (Å²) in [4.78, 5) is 4.96. The zero-order valence-electron chi connectivity index (χ0n) is 12.5. The maximum Gasteiger partial charge on any atom is 0.0366 e. The molecule has 3 heteroatoms. The molecular weight excluding hydrogens is 234 g/mol. The maximum absolute atomic E-state index is 3.41. The lowest BCUT2D eigenvalue weighted by Gasteiger charge is -2.34. The first-order valence-electron chi connectivity index (χ1n) is 7.39. The number of aryl methyl sites for hydroxylation is 1. The van der Waals surface area contributed by atoms with Gasteiger partial charge in [0.05, 0.1) is 0 Å². The summed E-state index contributed by atoms with van der Waals surface area (Å²) in [5.41, 5.74) is 2.66. The third-order valence-corrected chi connectivity index (χ3v) is 4.10. The number of hydrogen-bond donors (Lipinski definition) is 1. The first kappa shape index (κ1) is 14.4. The summed E-state index contributed by atoms with van der Waals surface area (Å²) < 4.78 is 0. The molecule has 1 unspecified atom stereocenters. The van der Waals surface area contributed by atoms with E-state index in [0.717, 1.165) is 19.6 Å². The fourth-order valence-electron chi connectivity index (χ4n) is 2.68. The second kappa shape index (κ2) is 6.92. The number of benzene rings is 1. The van der Waals surface area contributed by atoms with E-state index in [0.29, 0.717) is 6.04 Å². The van der Waals surface area contributed by atoms with Crippen molar-refractivity contribution in [1.29, 1.82) is 0 Å². The van der Waals surface area contributed by atoms with Crippen LogP contribution in [0.2, 0.25) is 0 Å². The molecule has 3 nitrogen and oxygen atoms in total. The van der Waals surface area contributed by atoms with Crippen molar-refractivity contribution in [3.05, 3.63) is 29.8 Å². The minimum absolute atomic E-state index is 0.675. The molecule has 1 fully saturated rings. The van der Waals surface area contributed by atoms with Gasteiger partial charge in [-0.3, -0.25) is 4.90 Å². The van der Waals surface area contributed by atoms with E-state index < -0.39 is 0 Å².